The van der Waals surface area contributed by atoms with Gasteiger partial charge in [-0.25, -0.2) is 0 Å². The van der Waals surface area contributed by atoms with Gasteiger partial charge in [0.25, 0.3) is 0 Å². The summed E-state index contributed by atoms with van der Waals surface area (Å²) in [5.41, 5.74) is 7.67. The average molecular weight is 252 g/mol. The van der Waals surface area contributed by atoms with Crippen molar-refractivity contribution in [3.05, 3.63) is 34.8 Å². The second-order valence-electron chi connectivity index (χ2n) is 3.08. The topological polar surface area (TPSA) is 43.8 Å². The van der Waals surface area contributed by atoms with E-state index in [1.165, 1.54) is 0 Å². The summed E-state index contributed by atoms with van der Waals surface area (Å²) in [4.78, 5) is 0. The molecule has 0 fully saturated rings. The van der Waals surface area contributed by atoms with E-state index in [1.807, 2.05) is 37.4 Å². The summed E-state index contributed by atoms with van der Waals surface area (Å²) in [6.45, 7) is 0. The Kier molecular flexibility index (Phi) is 2.29. The van der Waals surface area contributed by atoms with Gasteiger partial charge in [0, 0.05) is 23.2 Å². The maximum Gasteiger partial charge on any atom is 0.121 e. The minimum atomic E-state index is 0.669. The zero-order chi connectivity index (χ0) is 10.1. The molecule has 2 rings (SSSR count). The van der Waals surface area contributed by atoms with Crippen molar-refractivity contribution >= 4 is 21.7 Å². The van der Waals surface area contributed by atoms with E-state index in [0.29, 0.717) is 5.82 Å². The number of benzene rings is 1. The van der Waals surface area contributed by atoms with Gasteiger partial charge < -0.3 is 5.73 Å². The minimum absolute atomic E-state index is 0.669. The molecular formula is C10H10BrN3. The third kappa shape index (κ3) is 1.65. The van der Waals surface area contributed by atoms with Crippen LogP contribution >= 0.6 is 15.9 Å². The summed E-state index contributed by atoms with van der Waals surface area (Å²) in [6.07, 6.45) is 0. The van der Waals surface area contributed by atoms with Gasteiger partial charge in [-0.15, -0.1) is 0 Å². The van der Waals surface area contributed by atoms with E-state index in [9.17, 15) is 0 Å². The predicted octanol–water partition coefficient (Wildman–Crippen LogP) is 2.43. The standard InChI is InChI=1S/C10H10BrN3/c1-14-10(12)6-9(13-14)7-2-4-8(11)5-3-7/h2-6H,12H2,1H3. The van der Waals surface area contributed by atoms with Crippen LogP contribution in [0.1, 0.15) is 0 Å². The number of rotatable bonds is 1. The van der Waals surface area contributed by atoms with E-state index in [0.717, 1.165) is 15.7 Å². The maximum atomic E-state index is 5.70. The van der Waals surface area contributed by atoms with Crippen molar-refractivity contribution in [3.63, 3.8) is 0 Å². The van der Waals surface area contributed by atoms with Crippen LogP contribution in [0.5, 0.6) is 0 Å². The van der Waals surface area contributed by atoms with Crippen LogP contribution in [0.25, 0.3) is 11.3 Å². The summed E-state index contributed by atoms with van der Waals surface area (Å²) < 4.78 is 2.72. The predicted molar refractivity (Wildman–Crippen MR) is 60.8 cm³/mol. The molecule has 1 heterocycles. The van der Waals surface area contributed by atoms with Gasteiger partial charge in [-0.1, -0.05) is 28.1 Å². The second-order valence-corrected chi connectivity index (χ2v) is 4.00. The summed E-state index contributed by atoms with van der Waals surface area (Å²) in [7, 11) is 1.83. The second kappa shape index (κ2) is 3.46. The first-order valence-corrected chi connectivity index (χ1v) is 5.01. The van der Waals surface area contributed by atoms with Gasteiger partial charge in [0.05, 0.1) is 5.69 Å². The van der Waals surface area contributed by atoms with Crippen LogP contribution in [-0.4, -0.2) is 9.78 Å². The molecule has 3 nitrogen and oxygen atoms in total. The molecule has 0 aliphatic heterocycles. The third-order valence-corrected chi connectivity index (χ3v) is 2.58. The zero-order valence-electron chi connectivity index (χ0n) is 7.74. The van der Waals surface area contributed by atoms with Crippen molar-refractivity contribution in [3.8, 4) is 11.3 Å². The minimum Gasteiger partial charge on any atom is -0.384 e. The van der Waals surface area contributed by atoms with Gasteiger partial charge in [0.2, 0.25) is 0 Å². The van der Waals surface area contributed by atoms with Gasteiger partial charge >= 0.3 is 0 Å². The first kappa shape index (κ1) is 9.27. The number of nitrogens with two attached hydrogens (primary N) is 1. The highest BCUT2D eigenvalue weighted by Crippen LogP contribution is 2.21. The highest BCUT2D eigenvalue weighted by atomic mass is 79.9. The molecule has 0 amide bonds. The van der Waals surface area contributed by atoms with E-state index in [4.69, 9.17) is 5.73 Å². The first-order valence-electron chi connectivity index (χ1n) is 4.22. The summed E-state index contributed by atoms with van der Waals surface area (Å²) in [6, 6.07) is 9.85. The number of halogens is 1. The molecule has 1 aromatic carbocycles. The van der Waals surface area contributed by atoms with Crippen LogP contribution < -0.4 is 5.73 Å². The lowest BCUT2D eigenvalue weighted by Gasteiger charge is -1.95. The van der Waals surface area contributed by atoms with Gasteiger partial charge in [-0.2, -0.15) is 5.10 Å². The van der Waals surface area contributed by atoms with E-state index in [2.05, 4.69) is 21.0 Å². The molecule has 72 valence electrons. The van der Waals surface area contributed by atoms with Crippen LogP contribution in [0.4, 0.5) is 5.82 Å². The quantitative estimate of drug-likeness (QED) is 0.847. The number of nitrogen functional groups attached to an aromatic ring is 1. The van der Waals surface area contributed by atoms with E-state index >= 15 is 0 Å². The van der Waals surface area contributed by atoms with Gasteiger partial charge in [0.1, 0.15) is 5.82 Å². The lowest BCUT2D eigenvalue weighted by atomic mass is 10.2. The number of aryl methyl sites for hydroxylation is 1. The maximum absolute atomic E-state index is 5.70. The Morgan fingerprint density at radius 2 is 1.93 bits per heavy atom. The van der Waals surface area contributed by atoms with Crippen molar-refractivity contribution in [1.82, 2.24) is 9.78 Å². The third-order valence-electron chi connectivity index (χ3n) is 2.06. The van der Waals surface area contributed by atoms with Crippen LogP contribution in [-0.2, 0) is 7.05 Å². The molecule has 2 N–H and O–H groups in total. The molecule has 1 aromatic heterocycles. The Bertz CT molecular complexity index is 425. The molecule has 0 atom stereocenters. The molecule has 0 aliphatic rings. The van der Waals surface area contributed by atoms with Crippen molar-refractivity contribution in [2.75, 3.05) is 5.73 Å². The van der Waals surface area contributed by atoms with Gasteiger partial charge in [0.15, 0.2) is 0 Å². The lowest BCUT2D eigenvalue weighted by Crippen LogP contribution is -1.96. The van der Waals surface area contributed by atoms with Crippen molar-refractivity contribution in [2.45, 2.75) is 0 Å². The van der Waals surface area contributed by atoms with E-state index < -0.39 is 0 Å². The largest absolute Gasteiger partial charge is 0.384 e. The highest BCUT2D eigenvalue weighted by molar-refractivity contribution is 9.10. The number of nitrogens with zero attached hydrogens (tertiary/aromatic N) is 2. The number of anilines is 1. The number of hydrogen-bond donors (Lipinski definition) is 1. The Labute approximate surface area is 90.7 Å². The fraction of sp³-hybridized carbons (Fsp3) is 0.100. The fourth-order valence-corrected chi connectivity index (χ4v) is 1.51. The Morgan fingerprint density at radius 1 is 1.29 bits per heavy atom. The van der Waals surface area contributed by atoms with Gasteiger partial charge in [-0.05, 0) is 12.1 Å². The molecule has 0 radical (unpaired) electrons. The molecule has 0 aliphatic carbocycles. The lowest BCUT2D eigenvalue weighted by molar-refractivity contribution is 0.782. The van der Waals surface area contributed by atoms with Crippen molar-refractivity contribution in [1.29, 1.82) is 0 Å². The van der Waals surface area contributed by atoms with Gasteiger partial charge in [-0.3, -0.25) is 4.68 Å². The van der Waals surface area contributed by atoms with E-state index in [1.54, 1.807) is 4.68 Å². The first-order chi connectivity index (χ1) is 6.66. The van der Waals surface area contributed by atoms with Crippen LogP contribution in [0.2, 0.25) is 0 Å². The van der Waals surface area contributed by atoms with Crippen LogP contribution in [0, 0.1) is 0 Å². The molecule has 0 spiro atoms. The number of hydrogen-bond acceptors (Lipinski definition) is 2. The Morgan fingerprint density at radius 3 is 2.43 bits per heavy atom. The van der Waals surface area contributed by atoms with Crippen molar-refractivity contribution in [2.24, 2.45) is 7.05 Å². The van der Waals surface area contributed by atoms with Crippen LogP contribution in [0.15, 0.2) is 34.8 Å². The van der Waals surface area contributed by atoms with E-state index in [-0.39, 0.29) is 0 Å². The Balaban J connectivity index is 2.44. The average Bonchev–Trinajstić information content (AvgIpc) is 2.48. The summed E-state index contributed by atoms with van der Waals surface area (Å²) in [5, 5.41) is 4.29. The molecule has 2 aromatic rings. The summed E-state index contributed by atoms with van der Waals surface area (Å²) >= 11 is 3.39. The molecule has 0 saturated heterocycles. The molecular weight excluding hydrogens is 242 g/mol. The van der Waals surface area contributed by atoms with Crippen molar-refractivity contribution < 1.29 is 0 Å². The molecule has 4 heteroatoms. The number of aromatic nitrogens is 2. The fourth-order valence-electron chi connectivity index (χ4n) is 1.24. The Hall–Kier alpha value is -1.29. The normalized spacial score (nSPS) is 10.4. The highest BCUT2D eigenvalue weighted by Gasteiger charge is 2.03. The smallest absolute Gasteiger partial charge is 0.121 e. The monoisotopic (exact) mass is 251 g/mol. The molecule has 0 bridgehead atoms. The summed E-state index contributed by atoms with van der Waals surface area (Å²) in [5.74, 6) is 0.669. The SMILES string of the molecule is Cn1nc(-c2ccc(Br)cc2)cc1N. The zero-order valence-corrected chi connectivity index (χ0v) is 9.32. The molecule has 0 saturated carbocycles. The molecule has 0 unspecified atom stereocenters. The molecule has 14 heavy (non-hydrogen) atoms. The van der Waals surface area contributed by atoms with Crippen LogP contribution in [0.3, 0.4) is 0 Å².